The van der Waals surface area contributed by atoms with Gasteiger partial charge in [0.05, 0.1) is 11.6 Å². The lowest BCUT2D eigenvalue weighted by Gasteiger charge is -2.08. The van der Waals surface area contributed by atoms with Gasteiger partial charge >= 0.3 is 0 Å². The van der Waals surface area contributed by atoms with Crippen LogP contribution in [0.15, 0.2) is 46.5 Å². The van der Waals surface area contributed by atoms with Gasteiger partial charge in [0.15, 0.2) is 5.96 Å². The van der Waals surface area contributed by atoms with Crippen LogP contribution >= 0.6 is 11.8 Å². The lowest BCUT2D eigenvalue weighted by molar-refractivity contribution is 1.01. The van der Waals surface area contributed by atoms with E-state index in [1.807, 2.05) is 18.3 Å². The molecule has 0 unspecified atom stereocenters. The highest BCUT2D eigenvalue weighted by atomic mass is 32.2. The molecule has 4 nitrogen and oxygen atoms in total. The van der Waals surface area contributed by atoms with E-state index in [9.17, 15) is 0 Å². The molecule has 0 bridgehead atoms. The lowest BCUT2D eigenvalue weighted by Crippen LogP contribution is -2.22. The Kier molecular flexibility index (Phi) is 5.83. The van der Waals surface area contributed by atoms with E-state index >= 15 is 0 Å². The Hall–Kier alpha value is -2.01. The standard InChI is InChI=1S/C17H22N4S/c1-4-22-16-10-14(7-8-19-16)11-20-17(18)21-15-6-5-12(2)13(3)9-15/h5-10H,4,11H2,1-3H3,(H3,18,20,21). The topological polar surface area (TPSA) is 63.3 Å². The van der Waals surface area contributed by atoms with E-state index in [4.69, 9.17) is 5.73 Å². The van der Waals surface area contributed by atoms with Crippen molar-refractivity contribution in [2.24, 2.45) is 10.7 Å². The molecule has 0 aliphatic carbocycles. The van der Waals surface area contributed by atoms with E-state index in [0.29, 0.717) is 12.5 Å². The summed E-state index contributed by atoms with van der Waals surface area (Å²) >= 11 is 1.72. The van der Waals surface area contributed by atoms with Crippen molar-refractivity contribution in [1.29, 1.82) is 0 Å². The predicted molar refractivity (Wildman–Crippen MR) is 95.5 cm³/mol. The number of nitrogens with zero attached hydrogens (tertiary/aromatic N) is 2. The number of pyridine rings is 1. The first kappa shape index (κ1) is 16.4. The fourth-order valence-corrected chi connectivity index (χ4v) is 2.62. The number of aryl methyl sites for hydroxylation is 2. The summed E-state index contributed by atoms with van der Waals surface area (Å²) in [4.78, 5) is 8.70. The first-order chi connectivity index (χ1) is 10.6. The third-order valence-corrected chi connectivity index (χ3v) is 4.11. The SMILES string of the molecule is CCSc1cc(CN=C(N)Nc2ccc(C)c(C)c2)ccn1. The first-order valence-electron chi connectivity index (χ1n) is 7.30. The molecule has 2 aromatic rings. The second kappa shape index (κ2) is 7.84. The molecule has 1 heterocycles. The summed E-state index contributed by atoms with van der Waals surface area (Å²) in [5.41, 5.74) is 10.5. The number of rotatable bonds is 5. The number of benzene rings is 1. The summed E-state index contributed by atoms with van der Waals surface area (Å²) in [6, 6.07) is 10.2. The molecular formula is C17H22N4S. The molecule has 0 aliphatic heterocycles. The van der Waals surface area contributed by atoms with Crippen LogP contribution in [0, 0.1) is 13.8 Å². The third-order valence-electron chi connectivity index (χ3n) is 3.30. The quantitative estimate of drug-likeness (QED) is 0.501. The van der Waals surface area contributed by atoms with Crippen LogP contribution in [0.2, 0.25) is 0 Å². The van der Waals surface area contributed by atoms with Gasteiger partial charge in [-0.15, -0.1) is 11.8 Å². The Morgan fingerprint density at radius 3 is 2.77 bits per heavy atom. The molecule has 0 fully saturated rings. The minimum Gasteiger partial charge on any atom is -0.370 e. The maximum absolute atomic E-state index is 5.96. The molecule has 2 rings (SSSR count). The van der Waals surface area contributed by atoms with Crippen LogP contribution in [-0.4, -0.2) is 16.7 Å². The van der Waals surface area contributed by atoms with Crippen LogP contribution in [0.1, 0.15) is 23.6 Å². The molecule has 116 valence electrons. The normalized spacial score (nSPS) is 11.5. The van der Waals surface area contributed by atoms with Crippen LogP contribution in [0.5, 0.6) is 0 Å². The highest BCUT2D eigenvalue weighted by Gasteiger charge is 2.00. The van der Waals surface area contributed by atoms with Gasteiger partial charge in [-0.1, -0.05) is 13.0 Å². The zero-order chi connectivity index (χ0) is 15.9. The van der Waals surface area contributed by atoms with E-state index < -0.39 is 0 Å². The molecule has 0 radical (unpaired) electrons. The van der Waals surface area contributed by atoms with E-state index in [1.165, 1.54) is 11.1 Å². The maximum Gasteiger partial charge on any atom is 0.193 e. The Morgan fingerprint density at radius 2 is 2.05 bits per heavy atom. The largest absolute Gasteiger partial charge is 0.370 e. The van der Waals surface area contributed by atoms with Crippen molar-refractivity contribution < 1.29 is 0 Å². The molecule has 5 heteroatoms. The molecule has 0 atom stereocenters. The molecule has 0 aliphatic rings. The summed E-state index contributed by atoms with van der Waals surface area (Å²) in [5, 5.41) is 4.15. The number of nitrogens with one attached hydrogen (secondary N) is 1. The van der Waals surface area contributed by atoms with E-state index in [0.717, 1.165) is 22.0 Å². The number of nitrogens with two attached hydrogens (primary N) is 1. The Labute approximate surface area is 136 Å². The third kappa shape index (κ3) is 4.77. The van der Waals surface area contributed by atoms with Crippen LogP contribution in [-0.2, 0) is 6.54 Å². The van der Waals surface area contributed by atoms with Gasteiger partial charge in [-0.3, -0.25) is 0 Å². The summed E-state index contributed by atoms with van der Waals surface area (Å²) < 4.78 is 0. The Morgan fingerprint density at radius 1 is 1.23 bits per heavy atom. The number of hydrogen-bond acceptors (Lipinski definition) is 3. The molecule has 3 N–H and O–H groups in total. The number of guanidine groups is 1. The van der Waals surface area contributed by atoms with Crippen molar-refractivity contribution >= 4 is 23.4 Å². The molecule has 0 saturated heterocycles. The zero-order valence-corrected chi connectivity index (χ0v) is 14.1. The van der Waals surface area contributed by atoms with Gasteiger partial charge in [0.2, 0.25) is 0 Å². The van der Waals surface area contributed by atoms with Gasteiger partial charge in [0.1, 0.15) is 0 Å². The molecule has 22 heavy (non-hydrogen) atoms. The summed E-state index contributed by atoms with van der Waals surface area (Å²) in [5.74, 6) is 1.43. The second-order valence-corrected chi connectivity index (χ2v) is 6.35. The summed E-state index contributed by atoms with van der Waals surface area (Å²) in [6.07, 6.45) is 1.82. The molecule has 1 aromatic carbocycles. The number of thioether (sulfide) groups is 1. The van der Waals surface area contributed by atoms with E-state index in [-0.39, 0.29) is 0 Å². The maximum atomic E-state index is 5.96. The monoisotopic (exact) mass is 314 g/mol. The Balaban J connectivity index is 2.00. The van der Waals surface area contributed by atoms with Crippen molar-refractivity contribution in [1.82, 2.24) is 4.98 Å². The number of aliphatic imine (C=N–C) groups is 1. The van der Waals surface area contributed by atoms with Gasteiger partial charge in [-0.2, -0.15) is 0 Å². The van der Waals surface area contributed by atoms with Crippen molar-refractivity contribution in [2.45, 2.75) is 32.3 Å². The highest BCUT2D eigenvalue weighted by molar-refractivity contribution is 7.99. The predicted octanol–water partition coefficient (Wildman–Crippen LogP) is 3.74. The van der Waals surface area contributed by atoms with E-state index in [1.54, 1.807) is 11.8 Å². The van der Waals surface area contributed by atoms with Gasteiger partial charge in [0.25, 0.3) is 0 Å². The van der Waals surface area contributed by atoms with Crippen LogP contribution in [0.3, 0.4) is 0 Å². The van der Waals surface area contributed by atoms with Gasteiger partial charge in [-0.25, -0.2) is 9.98 Å². The van der Waals surface area contributed by atoms with Gasteiger partial charge in [0, 0.05) is 11.9 Å². The lowest BCUT2D eigenvalue weighted by atomic mass is 10.1. The molecule has 0 amide bonds. The number of anilines is 1. The smallest absolute Gasteiger partial charge is 0.193 e. The van der Waals surface area contributed by atoms with Crippen LogP contribution in [0.25, 0.3) is 0 Å². The number of aromatic nitrogens is 1. The molecule has 0 saturated carbocycles. The van der Waals surface area contributed by atoms with Crippen LogP contribution in [0.4, 0.5) is 5.69 Å². The van der Waals surface area contributed by atoms with Crippen molar-refractivity contribution in [2.75, 3.05) is 11.1 Å². The van der Waals surface area contributed by atoms with Gasteiger partial charge in [-0.05, 0) is 60.6 Å². The summed E-state index contributed by atoms with van der Waals surface area (Å²) in [7, 11) is 0. The Bertz CT molecular complexity index is 667. The van der Waals surface area contributed by atoms with Crippen molar-refractivity contribution in [3.05, 3.63) is 53.2 Å². The highest BCUT2D eigenvalue weighted by Crippen LogP contribution is 2.16. The fourth-order valence-electron chi connectivity index (χ4n) is 1.96. The fraction of sp³-hybridized carbons (Fsp3) is 0.294. The first-order valence-corrected chi connectivity index (χ1v) is 8.29. The average Bonchev–Trinajstić information content (AvgIpc) is 2.50. The summed E-state index contributed by atoms with van der Waals surface area (Å²) in [6.45, 7) is 6.83. The number of hydrogen-bond donors (Lipinski definition) is 2. The second-order valence-electron chi connectivity index (χ2n) is 5.06. The molecule has 1 aromatic heterocycles. The van der Waals surface area contributed by atoms with Crippen LogP contribution < -0.4 is 11.1 Å². The van der Waals surface area contributed by atoms with Crippen molar-refractivity contribution in [3.8, 4) is 0 Å². The minimum atomic E-state index is 0.421. The van der Waals surface area contributed by atoms with Gasteiger partial charge < -0.3 is 11.1 Å². The molecular weight excluding hydrogens is 292 g/mol. The van der Waals surface area contributed by atoms with Crippen molar-refractivity contribution in [3.63, 3.8) is 0 Å². The molecule has 0 spiro atoms. The van der Waals surface area contributed by atoms with E-state index in [2.05, 4.69) is 54.3 Å². The zero-order valence-electron chi connectivity index (χ0n) is 13.3. The minimum absolute atomic E-state index is 0.421. The average molecular weight is 314 g/mol.